The summed E-state index contributed by atoms with van der Waals surface area (Å²) >= 11 is 0. The minimum Gasteiger partial charge on any atom is -0.497 e. The van der Waals surface area contributed by atoms with Gasteiger partial charge in [0.1, 0.15) is 11.6 Å². The van der Waals surface area contributed by atoms with E-state index < -0.39 is 0 Å². The van der Waals surface area contributed by atoms with Crippen LogP contribution >= 0.6 is 0 Å². The van der Waals surface area contributed by atoms with Crippen LogP contribution < -0.4 is 19.5 Å². The molecule has 1 aliphatic carbocycles. The Kier molecular flexibility index (Phi) is 4.32. The van der Waals surface area contributed by atoms with Crippen molar-refractivity contribution in [3.63, 3.8) is 0 Å². The second kappa shape index (κ2) is 6.79. The van der Waals surface area contributed by atoms with Crippen LogP contribution in [0.4, 0.5) is 11.5 Å². The zero-order valence-electron chi connectivity index (χ0n) is 15.9. The van der Waals surface area contributed by atoms with Gasteiger partial charge in [0, 0.05) is 22.7 Å². The Morgan fingerprint density at radius 2 is 1.63 bits per heavy atom. The van der Waals surface area contributed by atoms with E-state index in [1.807, 2.05) is 30.3 Å². The summed E-state index contributed by atoms with van der Waals surface area (Å²) in [6, 6.07) is 11.9. The number of hydrogen-bond donors (Lipinski definition) is 3. The molecule has 1 heterocycles. The summed E-state index contributed by atoms with van der Waals surface area (Å²) in [6.07, 6.45) is 0.897. The molecule has 0 amide bonds. The fraction of sp³-hybridized carbons (Fsp3) is 0.238. The Morgan fingerprint density at radius 3 is 2.30 bits per heavy atom. The third kappa shape index (κ3) is 2.73. The van der Waals surface area contributed by atoms with Crippen LogP contribution in [0.5, 0.6) is 17.2 Å². The van der Waals surface area contributed by atoms with Crippen LogP contribution in [-0.2, 0) is 6.42 Å². The number of anilines is 2. The van der Waals surface area contributed by atoms with E-state index in [-0.39, 0.29) is 0 Å². The maximum atomic E-state index is 5.50. The van der Waals surface area contributed by atoms with Crippen molar-refractivity contribution < 1.29 is 14.2 Å². The van der Waals surface area contributed by atoms with Gasteiger partial charge in [0.15, 0.2) is 11.5 Å². The topological polar surface area (TPSA) is 71.3 Å². The molecule has 0 radical (unpaired) electrons. The Hall–Kier alpha value is -3.28. The molecule has 6 nitrogen and oxygen atoms in total. The molecule has 0 spiro atoms. The highest BCUT2D eigenvalue weighted by Crippen LogP contribution is 2.46. The van der Waals surface area contributed by atoms with Crippen LogP contribution in [0.1, 0.15) is 12.5 Å². The van der Waals surface area contributed by atoms with Crippen molar-refractivity contribution in [2.75, 3.05) is 26.6 Å². The Morgan fingerprint density at radius 1 is 0.889 bits per heavy atom. The van der Waals surface area contributed by atoms with E-state index in [2.05, 4.69) is 28.5 Å². The molecular weight excluding hydrogens is 342 g/mol. The molecule has 6 heteroatoms. The summed E-state index contributed by atoms with van der Waals surface area (Å²) in [6.45, 7) is 2.16. The number of fused-ring (bicyclic) bond motifs is 3. The van der Waals surface area contributed by atoms with Crippen molar-refractivity contribution in [3.05, 3.63) is 42.0 Å². The van der Waals surface area contributed by atoms with E-state index in [9.17, 15) is 0 Å². The molecule has 0 unspecified atom stereocenters. The van der Waals surface area contributed by atoms with Crippen molar-refractivity contribution in [2.45, 2.75) is 13.3 Å². The maximum absolute atomic E-state index is 5.50. The number of methoxy groups -OCH3 is 3. The molecule has 140 valence electrons. The molecule has 27 heavy (non-hydrogen) atoms. The van der Waals surface area contributed by atoms with Crippen molar-refractivity contribution in [2.24, 2.45) is 0 Å². The standard InChI is InChI=1S/C21H23N3O3/c1-5-14-15-10-17(26-3)18(27-4)11-16(15)20-19(14)21(24-23-20)22-12-7-6-8-13(9-12)25-2/h6-11,22-24H,5H2,1-4H3. The van der Waals surface area contributed by atoms with Crippen LogP contribution in [0.25, 0.3) is 22.0 Å². The lowest BCUT2D eigenvalue weighted by Gasteiger charge is -2.09. The molecule has 2 aromatic rings. The Labute approximate surface area is 157 Å². The number of aromatic nitrogens is 2. The van der Waals surface area contributed by atoms with Gasteiger partial charge in [-0.25, -0.2) is 0 Å². The molecular formula is C21H23N3O3. The lowest BCUT2D eigenvalue weighted by Crippen LogP contribution is -1.94. The van der Waals surface area contributed by atoms with Gasteiger partial charge in [-0.1, -0.05) is 13.0 Å². The third-order valence-electron chi connectivity index (χ3n) is 4.93. The van der Waals surface area contributed by atoms with Gasteiger partial charge in [-0.15, -0.1) is 0 Å². The normalized spacial score (nSPS) is 11.1. The molecule has 1 aliphatic heterocycles. The van der Waals surface area contributed by atoms with E-state index >= 15 is 0 Å². The quantitative estimate of drug-likeness (QED) is 0.453. The maximum Gasteiger partial charge on any atom is 0.161 e. The summed E-state index contributed by atoms with van der Waals surface area (Å²) in [7, 11) is 4.98. The number of aryl methyl sites for hydroxylation is 1. The Balaban J connectivity index is 1.86. The number of nitrogens with one attached hydrogen (secondary N) is 3. The summed E-state index contributed by atoms with van der Waals surface area (Å²) in [5.41, 5.74) is 4.40. The van der Waals surface area contributed by atoms with Crippen molar-refractivity contribution in [1.29, 1.82) is 0 Å². The van der Waals surface area contributed by atoms with E-state index in [1.54, 1.807) is 21.3 Å². The van der Waals surface area contributed by atoms with Crippen LogP contribution in [0.3, 0.4) is 0 Å². The highest BCUT2D eigenvalue weighted by Gasteiger charge is 2.24. The van der Waals surface area contributed by atoms with Crippen molar-refractivity contribution in [3.8, 4) is 28.5 Å². The number of ether oxygens (including phenoxy) is 3. The molecule has 0 aromatic heterocycles. The zero-order chi connectivity index (χ0) is 19.0. The van der Waals surface area contributed by atoms with Gasteiger partial charge in [-0.3, -0.25) is 10.2 Å². The number of H-pyrrole nitrogens is 2. The number of benzene rings is 2. The third-order valence-corrected chi connectivity index (χ3v) is 4.93. The predicted molar refractivity (Wildman–Crippen MR) is 108 cm³/mol. The number of rotatable bonds is 6. The fourth-order valence-corrected chi connectivity index (χ4v) is 3.66. The fourth-order valence-electron chi connectivity index (χ4n) is 3.66. The highest BCUT2D eigenvalue weighted by molar-refractivity contribution is 6.08. The lowest BCUT2D eigenvalue weighted by molar-refractivity contribution is 0.356. The SMILES string of the molecule is CCc1c2c(Nc3cccc(OC)c3)[nH][nH]c-2c2cc(OC)c(OC)cc12. The summed E-state index contributed by atoms with van der Waals surface area (Å²) in [5, 5.41) is 12.3. The summed E-state index contributed by atoms with van der Waals surface area (Å²) < 4.78 is 16.3. The molecule has 2 aromatic carbocycles. The minimum absolute atomic E-state index is 0.719. The van der Waals surface area contributed by atoms with Gasteiger partial charge in [-0.05, 0) is 41.6 Å². The number of aromatic amines is 2. The van der Waals surface area contributed by atoms with E-state index in [1.165, 1.54) is 10.9 Å². The van der Waals surface area contributed by atoms with Crippen LogP contribution in [0.15, 0.2) is 36.4 Å². The molecule has 0 bridgehead atoms. The zero-order valence-corrected chi connectivity index (χ0v) is 15.9. The van der Waals surface area contributed by atoms with E-state index in [0.29, 0.717) is 0 Å². The van der Waals surface area contributed by atoms with Crippen LogP contribution in [-0.4, -0.2) is 31.5 Å². The predicted octanol–water partition coefficient (Wildman–Crippen LogP) is 4.93. The first-order valence-electron chi connectivity index (χ1n) is 8.87. The first-order chi connectivity index (χ1) is 13.2. The molecule has 2 aliphatic rings. The van der Waals surface area contributed by atoms with E-state index in [4.69, 9.17) is 14.2 Å². The molecule has 3 N–H and O–H groups in total. The van der Waals surface area contributed by atoms with Gasteiger partial charge in [0.2, 0.25) is 0 Å². The van der Waals surface area contributed by atoms with Gasteiger partial charge in [0.05, 0.1) is 27.0 Å². The smallest absolute Gasteiger partial charge is 0.161 e. The van der Waals surface area contributed by atoms with Gasteiger partial charge in [-0.2, -0.15) is 0 Å². The minimum atomic E-state index is 0.719. The average molecular weight is 365 g/mol. The lowest BCUT2D eigenvalue weighted by atomic mass is 10.1. The second-order valence-corrected chi connectivity index (χ2v) is 6.32. The monoisotopic (exact) mass is 365 g/mol. The van der Waals surface area contributed by atoms with Crippen molar-refractivity contribution in [1.82, 2.24) is 10.2 Å². The van der Waals surface area contributed by atoms with Gasteiger partial charge in [0.25, 0.3) is 0 Å². The molecule has 0 atom stereocenters. The molecule has 0 saturated carbocycles. The first-order valence-corrected chi connectivity index (χ1v) is 8.87. The molecule has 4 rings (SSSR count). The van der Waals surface area contributed by atoms with Gasteiger partial charge < -0.3 is 19.5 Å². The average Bonchev–Trinajstić information content (AvgIpc) is 3.24. The van der Waals surface area contributed by atoms with E-state index in [0.717, 1.165) is 51.8 Å². The largest absolute Gasteiger partial charge is 0.497 e. The second-order valence-electron chi connectivity index (χ2n) is 6.32. The molecule has 0 saturated heterocycles. The summed E-state index contributed by atoms with van der Waals surface area (Å²) in [4.78, 5) is 0. The number of hydrogen-bond acceptors (Lipinski definition) is 4. The highest BCUT2D eigenvalue weighted by atomic mass is 16.5. The summed E-state index contributed by atoms with van der Waals surface area (Å²) in [5.74, 6) is 3.18. The first kappa shape index (κ1) is 17.1. The van der Waals surface area contributed by atoms with Gasteiger partial charge >= 0.3 is 0 Å². The molecule has 0 fully saturated rings. The Bertz CT molecular complexity index is 1060. The van der Waals surface area contributed by atoms with Crippen molar-refractivity contribution >= 4 is 22.3 Å². The van der Waals surface area contributed by atoms with Crippen LogP contribution in [0.2, 0.25) is 0 Å². The van der Waals surface area contributed by atoms with Crippen LogP contribution in [0, 0.1) is 0 Å².